The summed E-state index contributed by atoms with van der Waals surface area (Å²) >= 11 is 5.53. The van der Waals surface area contributed by atoms with Crippen molar-refractivity contribution in [2.75, 3.05) is 24.3 Å². The maximum atomic E-state index is 12.7. The Morgan fingerprint density at radius 1 is 1.43 bits per heavy atom. The summed E-state index contributed by atoms with van der Waals surface area (Å²) in [5.41, 5.74) is -0.271. The molecular formula is C14H16ClF3N2O. The highest BCUT2D eigenvalue weighted by Gasteiger charge is 2.30. The van der Waals surface area contributed by atoms with Crippen LogP contribution in [0.5, 0.6) is 0 Å². The van der Waals surface area contributed by atoms with E-state index in [1.54, 1.807) is 11.0 Å². The van der Waals surface area contributed by atoms with Gasteiger partial charge in [-0.15, -0.1) is 11.6 Å². The molecule has 1 atom stereocenters. The second-order valence-corrected chi connectivity index (χ2v) is 5.30. The number of halogens is 4. The van der Waals surface area contributed by atoms with Gasteiger partial charge in [0.15, 0.2) is 0 Å². The van der Waals surface area contributed by atoms with Crippen molar-refractivity contribution >= 4 is 23.2 Å². The summed E-state index contributed by atoms with van der Waals surface area (Å²) in [6.45, 7) is 1.11. The molecule has 0 saturated carbocycles. The van der Waals surface area contributed by atoms with E-state index >= 15 is 0 Å². The minimum absolute atomic E-state index is 0.0607. The lowest BCUT2D eigenvalue weighted by molar-refractivity contribution is -0.137. The van der Waals surface area contributed by atoms with Crippen LogP contribution in [0.25, 0.3) is 0 Å². The lowest BCUT2D eigenvalue weighted by Gasteiger charge is -2.33. The molecule has 2 rings (SSSR count). The molecule has 1 saturated heterocycles. The molecule has 1 amide bonds. The van der Waals surface area contributed by atoms with Gasteiger partial charge in [-0.25, -0.2) is 0 Å². The van der Waals surface area contributed by atoms with Gasteiger partial charge in [-0.2, -0.15) is 13.2 Å². The number of carbonyl (C=O) groups is 1. The largest absolute Gasteiger partial charge is 0.416 e. The predicted molar refractivity (Wildman–Crippen MR) is 75.4 cm³/mol. The van der Waals surface area contributed by atoms with Gasteiger partial charge in [0.05, 0.1) is 5.56 Å². The number of carbonyl (C=O) groups excluding carboxylic acids is 1. The molecule has 116 valence electrons. The van der Waals surface area contributed by atoms with Crippen LogP contribution in [0.1, 0.15) is 18.4 Å². The molecule has 1 heterocycles. The van der Waals surface area contributed by atoms with Gasteiger partial charge < -0.3 is 10.2 Å². The molecule has 0 bridgehead atoms. The normalized spacial score (nSPS) is 19.4. The summed E-state index contributed by atoms with van der Waals surface area (Å²) in [5.74, 6) is -0.219. The zero-order valence-corrected chi connectivity index (χ0v) is 12.0. The Morgan fingerprint density at radius 2 is 2.19 bits per heavy atom. The zero-order chi connectivity index (χ0) is 15.5. The van der Waals surface area contributed by atoms with Crippen molar-refractivity contribution in [3.63, 3.8) is 0 Å². The Hall–Kier alpha value is -1.43. The van der Waals surface area contributed by atoms with Crippen LogP contribution in [0.3, 0.4) is 0 Å². The van der Waals surface area contributed by atoms with Crippen LogP contribution in [-0.4, -0.2) is 35.8 Å². The number of nitrogens with one attached hydrogen (secondary N) is 1. The van der Waals surface area contributed by atoms with Crippen molar-refractivity contribution in [3.05, 3.63) is 29.8 Å². The molecule has 1 aromatic rings. The third kappa shape index (κ3) is 4.27. The Labute approximate surface area is 126 Å². The smallest absolute Gasteiger partial charge is 0.381 e. The van der Waals surface area contributed by atoms with Gasteiger partial charge in [0, 0.05) is 24.8 Å². The first kappa shape index (κ1) is 15.9. The fraction of sp³-hybridized carbons (Fsp3) is 0.500. The number of piperidine rings is 1. The highest BCUT2D eigenvalue weighted by molar-refractivity contribution is 6.27. The van der Waals surface area contributed by atoms with Crippen molar-refractivity contribution in [1.29, 1.82) is 0 Å². The van der Waals surface area contributed by atoms with E-state index in [1.165, 1.54) is 6.07 Å². The first-order chi connectivity index (χ1) is 9.90. The minimum atomic E-state index is -4.36. The van der Waals surface area contributed by atoms with Gasteiger partial charge >= 0.3 is 6.18 Å². The predicted octanol–water partition coefficient (Wildman–Crippen LogP) is 3.35. The highest BCUT2D eigenvalue weighted by atomic mass is 35.5. The average molecular weight is 321 g/mol. The molecular weight excluding hydrogens is 305 g/mol. The van der Waals surface area contributed by atoms with Crippen LogP contribution < -0.4 is 5.32 Å². The van der Waals surface area contributed by atoms with E-state index in [2.05, 4.69) is 5.32 Å². The topological polar surface area (TPSA) is 32.3 Å². The first-order valence-electron chi connectivity index (χ1n) is 6.67. The van der Waals surface area contributed by atoms with E-state index < -0.39 is 11.7 Å². The molecule has 0 radical (unpaired) electrons. The number of hydrogen-bond donors (Lipinski definition) is 1. The summed E-state index contributed by atoms with van der Waals surface area (Å²) in [6, 6.07) is 5.03. The van der Waals surface area contributed by atoms with Crippen LogP contribution >= 0.6 is 11.6 Å². The Bertz CT molecular complexity index is 507. The van der Waals surface area contributed by atoms with Gasteiger partial charge in [0.2, 0.25) is 5.91 Å². The second kappa shape index (κ2) is 6.56. The van der Waals surface area contributed by atoms with Crippen LogP contribution in [-0.2, 0) is 11.0 Å². The molecule has 1 aliphatic rings. The third-order valence-corrected chi connectivity index (χ3v) is 3.68. The van der Waals surface area contributed by atoms with Crippen molar-refractivity contribution in [3.8, 4) is 0 Å². The number of alkyl halides is 4. The van der Waals surface area contributed by atoms with Gasteiger partial charge in [0.1, 0.15) is 5.88 Å². The molecule has 0 aromatic heterocycles. The summed E-state index contributed by atoms with van der Waals surface area (Å²) in [6.07, 6.45) is -2.74. The van der Waals surface area contributed by atoms with Crippen LogP contribution in [0.4, 0.5) is 18.9 Å². The molecule has 1 aliphatic heterocycles. The molecule has 0 unspecified atom stereocenters. The quantitative estimate of drug-likeness (QED) is 0.866. The molecule has 0 aliphatic carbocycles. The van der Waals surface area contributed by atoms with E-state index in [0.29, 0.717) is 18.8 Å². The van der Waals surface area contributed by atoms with Crippen molar-refractivity contribution in [1.82, 2.24) is 4.90 Å². The number of likely N-dealkylation sites (tertiary alicyclic amines) is 1. The van der Waals surface area contributed by atoms with Crippen molar-refractivity contribution in [2.24, 2.45) is 0 Å². The van der Waals surface area contributed by atoms with Crippen LogP contribution in [0, 0.1) is 0 Å². The number of anilines is 1. The summed E-state index contributed by atoms with van der Waals surface area (Å²) < 4.78 is 38.0. The highest BCUT2D eigenvalue weighted by Crippen LogP contribution is 2.31. The number of amides is 1. The van der Waals surface area contributed by atoms with Gasteiger partial charge in [0.25, 0.3) is 0 Å². The SMILES string of the molecule is O=C(CCl)N1CCC[C@H](Nc2cccc(C(F)(F)F)c2)C1. The third-order valence-electron chi connectivity index (χ3n) is 3.45. The lowest BCUT2D eigenvalue weighted by Crippen LogP contribution is -2.45. The molecule has 3 nitrogen and oxygen atoms in total. The Morgan fingerprint density at radius 3 is 2.86 bits per heavy atom. The van der Waals surface area contributed by atoms with E-state index in [9.17, 15) is 18.0 Å². The molecule has 0 spiro atoms. The van der Waals surface area contributed by atoms with Crippen LogP contribution in [0.2, 0.25) is 0 Å². The van der Waals surface area contributed by atoms with Gasteiger partial charge in [-0.1, -0.05) is 6.07 Å². The molecule has 7 heteroatoms. The first-order valence-corrected chi connectivity index (χ1v) is 7.21. The monoisotopic (exact) mass is 320 g/mol. The van der Waals surface area contributed by atoms with E-state index in [4.69, 9.17) is 11.6 Å². The van der Waals surface area contributed by atoms with Crippen molar-refractivity contribution < 1.29 is 18.0 Å². The number of hydrogen-bond acceptors (Lipinski definition) is 2. The minimum Gasteiger partial charge on any atom is -0.381 e. The Kier molecular flexibility index (Phi) is 4.98. The Balaban J connectivity index is 2.03. The fourth-order valence-electron chi connectivity index (χ4n) is 2.43. The summed E-state index contributed by atoms with van der Waals surface area (Å²) in [5, 5.41) is 3.07. The maximum Gasteiger partial charge on any atom is 0.416 e. The van der Waals surface area contributed by atoms with E-state index in [0.717, 1.165) is 25.0 Å². The molecule has 21 heavy (non-hydrogen) atoms. The summed E-state index contributed by atoms with van der Waals surface area (Å²) in [7, 11) is 0. The average Bonchev–Trinajstić information content (AvgIpc) is 2.46. The zero-order valence-electron chi connectivity index (χ0n) is 11.3. The molecule has 1 N–H and O–H groups in total. The standard InChI is InChI=1S/C14H16ClF3N2O/c15-8-13(21)20-6-2-5-12(9-20)19-11-4-1-3-10(7-11)14(16,17)18/h1,3-4,7,12,19H,2,5-6,8-9H2/t12-/m0/s1. The van der Waals surface area contributed by atoms with Crippen molar-refractivity contribution in [2.45, 2.75) is 25.1 Å². The van der Waals surface area contributed by atoms with Gasteiger partial charge in [-0.3, -0.25) is 4.79 Å². The number of nitrogens with zero attached hydrogens (tertiary/aromatic N) is 1. The maximum absolute atomic E-state index is 12.7. The van der Waals surface area contributed by atoms with Gasteiger partial charge in [-0.05, 0) is 31.0 Å². The lowest BCUT2D eigenvalue weighted by atomic mass is 10.0. The molecule has 1 fully saturated rings. The molecule has 1 aromatic carbocycles. The van der Waals surface area contributed by atoms with E-state index in [-0.39, 0.29) is 17.8 Å². The number of benzene rings is 1. The van der Waals surface area contributed by atoms with E-state index in [1.807, 2.05) is 0 Å². The second-order valence-electron chi connectivity index (χ2n) is 5.04. The van der Waals surface area contributed by atoms with Crippen LogP contribution in [0.15, 0.2) is 24.3 Å². The number of rotatable bonds is 3. The summed E-state index contributed by atoms with van der Waals surface area (Å²) in [4.78, 5) is 13.2. The fourth-order valence-corrected chi connectivity index (χ4v) is 2.60.